The second-order valence-electron chi connectivity index (χ2n) is 3.56. The van der Waals surface area contributed by atoms with Crippen molar-refractivity contribution in [3.05, 3.63) is 52.3 Å². The van der Waals surface area contributed by atoms with E-state index >= 15 is 0 Å². The average molecular weight is 265 g/mol. The minimum atomic E-state index is 0.927. The maximum Gasteiger partial charge on any atom is 0.0735 e. The third kappa shape index (κ3) is 2.69. The van der Waals surface area contributed by atoms with Crippen molar-refractivity contribution < 1.29 is 0 Å². The van der Waals surface area contributed by atoms with Gasteiger partial charge in [0.25, 0.3) is 0 Å². The maximum atomic E-state index is 4.40. The highest BCUT2D eigenvalue weighted by Crippen LogP contribution is 2.13. The first-order valence-corrected chi connectivity index (χ1v) is 5.78. The summed E-state index contributed by atoms with van der Waals surface area (Å²) in [4.78, 5) is 0. The van der Waals surface area contributed by atoms with Crippen LogP contribution in [-0.2, 0) is 13.0 Å². The minimum absolute atomic E-state index is 0.927. The Balaban J connectivity index is 1.99. The molecule has 0 aliphatic heterocycles. The second kappa shape index (κ2) is 4.62. The van der Waals surface area contributed by atoms with Crippen LogP contribution in [0.25, 0.3) is 0 Å². The van der Waals surface area contributed by atoms with Gasteiger partial charge in [-0.25, -0.2) is 0 Å². The van der Waals surface area contributed by atoms with Crippen molar-refractivity contribution in [2.75, 3.05) is 0 Å². The standard InChI is InChI=1S/C12H13BrN2/c1-10-12(13)9-15(14-10)8-7-11-5-3-2-4-6-11/h2-6,9H,7-8H2,1H3. The molecule has 2 aromatic rings. The maximum absolute atomic E-state index is 4.40. The zero-order valence-electron chi connectivity index (χ0n) is 8.65. The molecule has 15 heavy (non-hydrogen) atoms. The van der Waals surface area contributed by atoms with Gasteiger partial charge in [-0.3, -0.25) is 4.68 Å². The Morgan fingerprint density at radius 2 is 2.00 bits per heavy atom. The number of hydrogen-bond acceptors (Lipinski definition) is 1. The third-order valence-electron chi connectivity index (χ3n) is 2.36. The monoisotopic (exact) mass is 264 g/mol. The van der Waals surface area contributed by atoms with Gasteiger partial charge in [-0.2, -0.15) is 5.10 Å². The molecule has 0 aliphatic rings. The van der Waals surface area contributed by atoms with Gasteiger partial charge in [0.1, 0.15) is 0 Å². The van der Waals surface area contributed by atoms with Crippen LogP contribution in [0.1, 0.15) is 11.3 Å². The van der Waals surface area contributed by atoms with Crippen molar-refractivity contribution in [1.82, 2.24) is 9.78 Å². The highest BCUT2D eigenvalue weighted by Gasteiger charge is 2.00. The first-order valence-electron chi connectivity index (χ1n) is 4.99. The lowest BCUT2D eigenvalue weighted by Gasteiger charge is -2.01. The van der Waals surface area contributed by atoms with Crippen molar-refractivity contribution in [3.63, 3.8) is 0 Å². The summed E-state index contributed by atoms with van der Waals surface area (Å²) in [7, 11) is 0. The van der Waals surface area contributed by atoms with E-state index in [-0.39, 0.29) is 0 Å². The smallest absolute Gasteiger partial charge is 0.0735 e. The van der Waals surface area contributed by atoms with Gasteiger partial charge >= 0.3 is 0 Å². The molecule has 1 aromatic heterocycles. The molecule has 0 spiro atoms. The molecule has 0 fully saturated rings. The number of halogens is 1. The van der Waals surface area contributed by atoms with Crippen molar-refractivity contribution in [2.45, 2.75) is 19.9 Å². The van der Waals surface area contributed by atoms with E-state index in [1.807, 2.05) is 23.9 Å². The van der Waals surface area contributed by atoms with Gasteiger partial charge in [0.15, 0.2) is 0 Å². The molecule has 0 saturated heterocycles. The number of aromatic nitrogens is 2. The molecule has 0 bridgehead atoms. The summed E-state index contributed by atoms with van der Waals surface area (Å²) in [6.07, 6.45) is 3.05. The lowest BCUT2D eigenvalue weighted by molar-refractivity contribution is 0.610. The van der Waals surface area contributed by atoms with Crippen molar-refractivity contribution >= 4 is 15.9 Å². The Morgan fingerprint density at radius 1 is 1.27 bits per heavy atom. The number of benzene rings is 1. The van der Waals surface area contributed by atoms with E-state index in [2.05, 4.69) is 45.3 Å². The number of nitrogens with zero attached hydrogens (tertiary/aromatic N) is 2. The molecule has 0 radical (unpaired) electrons. The fourth-order valence-electron chi connectivity index (χ4n) is 1.50. The average Bonchev–Trinajstić information content (AvgIpc) is 2.57. The molecule has 3 heteroatoms. The quantitative estimate of drug-likeness (QED) is 0.833. The van der Waals surface area contributed by atoms with Gasteiger partial charge in [0.2, 0.25) is 0 Å². The minimum Gasteiger partial charge on any atom is -0.271 e. The molecule has 1 heterocycles. The number of hydrogen-bond donors (Lipinski definition) is 0. The fraction of sp³-hybridized carbons (Fsp3) is 0.250. The highest BCUT2D eigenvalue weighted by atomic mass is 79.9. The fourth-order valence-corrected chi connectivity index (χ4v) is 1.81. The summed E-state index contributed by atoms with van der Waals surface area (Å²) < 4.78 is 3.06. The summed E-state index contributed by atoms with van der Waals surface area (Å²) in [6.45, 7) is 2.93. The molecule has 1 aromatic carbocycles. The zero-order chi connectivity index (χ0) is 10.7. The Labute approximate surface area is 98.1 Å². The summed E-state index contributed by atoms with van der Waals surface area (Å²) in [5, 5.41) is 4.40. The van der Waals surface area contributed by atoms with E-state index < -0.39 is 0 Å². The highest BCUT2D eigenvalue weighted by molar-refractivity contribution is 9.10. The van der Waals surface area contributed by atoms with Crippen molar-refractivity contribution in [1.29, 1.82) is 0 Å². The van der Waals surface area contributed by atoms with E-state index in [0.29, 0.717) is 0 Å². The van der Waals surface area contributed by atoms with Crippen molar-refractivity contribution in [2.24, 2.45) is 0 Å². The first kappa shape index (κ1) is 10.4. The van der Waals surface area contributed by atoms with Gasteiger partial charge < -0.3 is 0 Å². The SMILES string of the molecule is Cc1nn(CCc2ccccc2)cc1Br. The van der Waals surface area contributed by atoms with Crippen LogP contribution in [0, 0.1) is 6.92 Å². The normalized spacial score (nSPS) is 10.5. The zero-order valence-corrected chi connectivity index (χ0v) is 10.2. The molecule has 0 amide bonds. The van der Waals surface area contributed by atoms with Crippen LogP contribution in [-0.4, -0.2) is 9.78 Å². The molecule has 0 aliphatic carbocycles. The van der Waals surface area contributed by atoms with Crippen LogP contribution in [0.4, 0.5) is 0 Å². The summed E-state index contributed by atoms with van der Waals surface area (Å²) in [6, 6.07) is 10.5. The Bertz CT molecular complexity index is 415. The first-order chi connectivity index (χ1) is 7.25. The molecule has 0 unspecified atom stereocenters. The Morgan fingerprint density at radius 3 is 2.60 bits per heavy atom. The molecule has 0 atom stereocenters. The van der Waals surface area contributed by atoms with Crippen LogP contribution in [0.5, 0.6) is 0 Å². The summed E-state index contributed by atoms with van der Waals surface area (Å²) >= 11 is 3.46. The molecular formula is C12H13BrN2. The molecule has 0 N–H and O–H groups in total. The lowest BCUT2D eigenvalue weighted by atomic mass is 10.2. The van der Waals surface area contributed by atoms with Gasteiger partial charge in [0, 0.05) is 12.7 Å². The second-order valence-corrected chi connectivity index (χ2v) is 4.42. The van der Waals surface area contributed by atoms with Gasteiger partial charge in [-0.05, 0) is 34.8 Å². The summed E-state index contributed by atoms with van der Waals surface area (Å²) in [5.74, 6) is 0. The van der Waals surface area contributed by atoms with Gasteiger partial charge in [-0.15, -0.1) is 0 Å². The van der Waals surface area contributed by atoms with E-state index in [9.17, 15) is 0 Å². The van der Waals surface area contributed by atoms with E-state index in [0.717, 1.165) is 23.1 Å². The Hall–Kier alpha value is -1.09. The van der Waals surface area contributed by atoms with Crippen LogP contribution in [0.2, 0.25) is 0 Å². The van der Waals surface area contributed by atoms with Crippen LogP contribution >= 0.6 is 15.9 Å². The predicted octanol–water partition coefficient (Wildman–Crippen LogP) is 3.20. The van der Waals surface area contributed by atoms with Gasteiger partial charge in [-0.1, -0.05) is 30.3 Å². The van der Waals surface area contributed by atoms with Crippen LogP contribution in [0.15, 0.2) is 41.0 Å². The van der Waals surface area contributed by atoms with E-state index in [1.54, 1.807) is 0 Å². The van der Waals surface area contributed by atoms with Crippen LogP contribution < -0.4 is 0 Å². The van der Waals surface area contributed by atoms with Crippen molar-refractivity contribution in [3.8, 4) is 0 Å². The lowest BCUT2D eigenvalue weighted by Crippen LogP contribution is -2.01. The molecule has 2 rings (SSSR count). The molecular weight excluding hydrogens is 252 g/mol. The molecule has 0 saturated carbocycles. The third-order valence-corrected chi connectivity index (χ3v) is 3.14. The number of aryl methyl sites for hydroxylation is 3. The molecule has 2 nitrogen and oxygen atoms in total. The largest absolute Gasteiger partial charge is 0.271 e. The number of rotatable bonds is 3. The molecule has 78 valence electrons. The topological polar surface area (TPSA) is 17.8 Å². The Kier molecular flexibility index (Phi) is 3.21. The summed E-state index contributed by atoms with van der Waals surface area (Å²) in [5.41, 5.74) is 2.39. The van der Waals surface area contributed by atoms with E-state index in [1.165, 1.54) is 5.56 Å². The van der Waals surface area contributed by atoms with E-state index in [4.69, 9.17) is 0 Å². The van der Waals surface area contributed by atoms with Crippen LogP contribution in [0.3, 0.4) is 0 Å². The van der Waals surface area contributed by atoms with Gasteiger partial charge in [0.05, 0.1) is 10.2 Å². The predicted molar refractivity (Wildman–Crippen MR) is 64.8 cm³/mol.